The standard InChI is InChI=1S/C24H27FN6O2/c25-22-17-26-24(28-19-3-7-21(8-4-19)31-11-15-33-16-12-31)29-23(22)27-18-1-5-20(6-2-18)30-9-13-32-14-10-30/h1-8,17H,9-16H2,(H2,26,27,28,29). The van der Waals surface area contributed by atoms with Crippen molar-refractivity contribution in [2.75, 3.05) is 73.0 Å². The number of nitrogens with zero attached hydrogens (tertiary/aromatic N) is 4. The highest BCUT2D eigenvalue weighted by Crippen LogP contribution is 2.25. The van der Waals surface area contributed by atoms with Crippen molar-refractivity contribution in [3.05, 3.63) is 60.5 Å². The number of ether oxygens (including phenoxy) is 2. The Hall–Kier alpha value is -3.43. The van der Waals surface area contributed by atoms with Crippen LogP contribution in [-0.2, 0) is 9.47 Å². The summed E-state index contributed by atoms with van der Waals surface area (Å²) in [6, 6.07) is 15.9. The summed E-state index contributed by atoms with van der Waals surface area (Å²) in [5.41, 5.74) is 3.85. The van der Waals surface area contributed by atoms with Crippen LogP contribution in [0.25, 0.3) is 0 Å². The molecule has 0 saturated carbocycles. The first-order valence-corrected chi connectivity index (χ1v) is 11.2. The Morgan fingerprint density at radius 1 is 0.697 bits per heavy atom. The average molecular weight is 451 g/mol. The van der Waals surface area contributed by atoms with Crippen LogP contribution in [-0.4, -0.2) is 62.6 Å². The lowest BCUT2D eigenvalue weighted by Gasteiger charge is -2.29. The molecular formula is C24H27FN6O2. The van der Waals surface area contributed by atoms with Gasteiger partial charge < -0.3 is 29.9 Å². The number of nitrogens with one attached hydrogen (secondary N) is 2. The van der Waals surface area contributed by atoms with E-state index in [1.54, 1.807) is 0 Å². The van der Waals surface area contributed by atoms with Crippen molar-refractivity contribution in [2.45, 2.75) is 0 Å². The van der Waals surface area contributed by atoms with Crippen LogP contribution in [0.15, 0.2) is 54.7 Å². The molecule has 3 heterocycles. The Morgan fingerprint density at radius 2 is 1.18 bits per heavy atom. The van der Waals surface area contributed by atoms with Gasteiger partial charge in [0.05, 0.1) is 32.6 Å². The Bertz CT molecular complexity index is 1050. The molecule has 3 aromatic rings. The van der Waals surface area contributed by atoms with Crippen LogP contribution in [0.5, 0.6) is 0 Å². The van der Waals surface area contributed by atoms with Crippen LogP contribution in [0.1, 0.15) is 0 Å². The summed E-state index contributed by atoms with van der Waals surface area (Å²) >= 11 is 0. The van der Waals surface area contributed by atoms with E-state index in [4.69, 9.17) is 9.47 Å². The molecule has 172 valence electrons. The second-order valence-electron chi connectivity index (χ2n) is 7.93. The molecule has 2 aliphatic rings. The third-order valence-electron chi connectivity index (χ3n) is 5.75. The fraction of sp³-hybridized carbons (Fsp3) is 0.333. The highest BCUT2D eigenvalue weighted by atomic mass is 19.1. The zero-order valence-corrected chi connectivity index (χ0v) is 18.3. The van der Waals surface area contributed by atoms with Gasteiger partial charge in [-0.3, -0.25) is 0 Å². The Morgan fingerprint density at radius 3 is 1.70 bits per heavy atom. The summed E-state index contributed by atoms with van der Waals surface area (Å²) in [4.78, 5) is 13.0. The molecule has 0 spiro atoms. The van der Waals surface area contributed by atoms with Crippen molar-refractivity contribution >= 4 is 34.5 Å². The normalized spacial score (nSPS) is 16.5. The van der Waals surface area contributed by atoms with Crippen molar-refractivity contribution in [3.63, 3.8) is 0 Å². The molecule has 1 aromatic heterocycles. The SMILES string of the molecule is Fc1cnc(Nc2ccc(N3CCOCC3)cc2)nc1Nc1ccc(N2CCOCC2)cc1. The monoisotopic (exact) mass is 450 g/mol. The first kappa shape index (κ1) is 21.4. The van der Waals surface area contributed by atoms with E-state index in [9.17, 15) is 4.39 Å². The van der Waals surface area contributed by atoms with Gasteiger partial charge in [-0.15, -0.1) is 0 Å². The maximum Gasteiger partial charge on any atom is 0.229 e. The summed E-state index contributed by atoms with van der Waals surface area (Å²) < 4.78 is 25.2. The summed E-state index contributed by atoms with van der Waals surface area (Å²) in [6.07, 6.45) is 1.17. The zero-order chi connectivity index (χ0) is 22.5. The van der Waals surface area contributed by atoms with Crippen LogP contribution in [0.4, 0.5) is 38.9 Å². The number of rotatable bonds is 6. The van der Waals surface area contributed by atoms with Gasteiger partial charge >= 0.3 is 0 Å². The van der Waals surface area contributed by atoms with E-state index in [2.05, 4.69) is 30.4 Å². The minimum atomic E-state index is -0.513. The minimum absolute atomic E-state index is 0.122. The van der Waals surface area contributed by atoms with Crippen molar-refractivity contribution in [3.8, 4) is 0 Å². The van der Waals surface area contributed by atoms with E-state index in [1.807, 2.05) is 48.5 Å². The average Bonchev–Trinajstić information content (AvgIpc) is 2.88. The molecule has 9 heteroatoms. The summed E-state index contributed by atoms with van der Waals surface area (Å²) in [6.45, 7) is 6.47. The molecule has 0 amide bonds. The van der Waals surface area contributed by atoms with Gasteiger partial charge in [-0.2, -0.15) is 4.98 Å². The van der Waals surface area contributed by atoms with Crippen LogP contribution < -0.4 is 20.4 Å². The Kier molecular flexibility index (Phi) is 6.50. The molecule has 5 rings (SSSR count). The Balaban J connectivity index is 1.24. The third kappa shape index (κ3) is 5.32. The van der Waals surface area contributed by atoms with Crippen molar-refractivity contribution in [1.29, 1.82) is 0 Å². The van der Waals surface area contributed by atoms with Gasteiger partial charge in [-0.1, -0.05) is 0 Å². The molecule has 33 heavy (non-hydrogen) atoms. The molecule has 0 bridgehead atoms. The number of morpholine rings is 2. The lowest BCUT2D eigenvalue weighted by Crippen LogP contribution is -2.36. The number of benzene rings is 2. The number of anilines is 6. The van der Waals surface area contributed by atoms with Crippen LogP contribution in [0.3, 0.4) is 0 Å². The van der Waals surface area contributed by atoms with E-state index in [0.717, 1.165) is 75.4 Å². The first-order chi connectivity index (χ1) is 16.2. The molecule has 2 fully saturated rings. The first-order valence-electron chi connectivity index (χ1n) is 11.2. The minimum Gasteiger partial charge on any atom is -0.378 e. The van der Waals surface area contributed by atoms with E-state index in [1.165, 1.54) is 6.20 Å². The van der Waals surface area contributed by atoms with Crippen LogP contribution >= 0.6 is 0 Å². The van der Waals surface area contributed by atoms with Crippen molar-refractivity contribution < 1.29 is 13.9 Å². The largest absolute Gasteiger partial charge is 0.378 e. The van der Waals surface area contributed by atoms with E-state index < -0.39 is 5.82 Å². The molecule has 0 unspecified atom stereocenters. The maximum atomic E-state index is 14.4. The summed E-state index contributed by atoms with van der Waals surface area (Å²) in [5.74, 6) is -0.0695. The molecule has 0 radical (unpaired) electrons. The highest BCUT2D eigenvalue weighted by Gasteiger charge is 2.13. The second kappa shape index (κ2) is 10.0. The van der Waals surface area contributed by atoms with Gasteiger partial charge in [-0.25, -0.2) is 9.37 Å². The molecule has 2 N–H and O–H groups in total. The third-order valence-corrected chi connectivity index (χ3v) is 5.75. The second-order valence-corrected chi connectivity index (χ2v) is 7.93. The number of hydrogen-bond donors (Lipinski definition) is 2. The molecule has 0 aliphatic carbocycles. The quantitative estimate of drug-likeness (QED) is 0.588. The lowest BCUT2D eigenvalue weighted by atomic mass is 10.2. The van der Waals surface area contributed by atoms with Crippen molar-refractivity contribution in [2.24, 2.45) is 0 Å². The molecule has 0 atom stereocenters. The fourth-order valence-electron chi connectivity index (χ4n) is 3.94. The lowest BCUT2D eigenvalue weighted by molar-refractivity contribution is 0.122. The van der Waals surface area contributed by atoms with Gasteiger partial charge in [0.1, 0.15) is 0 Å². The molecule has 2 aliphatic heterocycles. The predicted molar refractivity (Wildman–Crippen MR) is 128 cm³/mol. The number of hydrogen-bond acceptors (Lipinski definition) is 8. The maximum absolute atomic E-state index is 14.4. The van der Waals surface area contributed by atoms with Gasteiger partial charge in [0.2, 0.25) is 5.95 Å². The van der Waals surface area contributed by atoms with Gasteiger partial charge in [0, 0.05) is 48.9 Å². The van der Waals surface area contributed by atoms with Gasteiger partial charge in [-0.05, 0) is 48.5 Å². The van der Waals surface area contributed by atoms with Crippen LogP contribution in [0.2, 0.25) is 0 Å². The molecule has 2 aromatic carbocycles. The van der Waals surface area contributed by atoms with Crippen LogP contribution in [0, 0.1) is 5.82 Å². The molecule has 2 saturated heterocycles. The smallest absolute Gasteiger partial charge is 0.229 e. The fourth-order valence-corrected chi connectivity index (χ4v) is 3.94. The van der Waals surface area contributed by atoms with Gasteiger partial charge in [0.15, 0.2) is 11.6 Å². The predicted octanol–water partition coefficient (Wildman–Crippen LogP) is 3.78. The van der Waals surface area contributed by atoms with E-state index in [-0.39, 0.29) is 5.82 Å². The Labute approximate surface area is 192 Å². The topological polar surface area (TPSA) is 74.8 Å². The van der Waals surface area contributed by atoms with Crippen molar-refractivity contribution in [1.82, 2.24) is 9.97 Å². The van der Waals surface area contributed by atoms with E-state index in [0.29, 0.717) is 5.95 Å². The van der Waals surface area contributed by atoms with E-state index >= 15 is 0 Å². The molecular weight excluding hydrogens is 423 g/mol. The number of halogens is 1. The summed E-state index contributed by atoms with van der Waals surface area (Å²) in [5, 5.41) is 6.20. The number of aromatic nitrogens is 2. The molecule has 8 nitrogen and oxygen atoms in total. The van der Waals surface area contributed by atoms with Gasteiger partial charge in [0.25, 0.3) is 0 Å². The highest BCUT2D eigenvalue weighted by molar-refractivity contribution is 5.64. The summed E-state index contributed by atoms with van der Waals surface area (Å²) in [7, 11) is 0. The zero-order valence-electron chi connectivity index (χ0n) is 18.3.